The maximum Gasteiger partial charge on any atom is 0.245 e. The van der Waals surface area contributed by atoms with E-state index in [0.717, 1.165) is 0 Å². The molecule has 0 aromatic heterocycles. The van der Waals surface area contributed by atoms with E-state index in [-0.39, 0.29) is 11.8 Å². The Morgan fingerprint density at radius 2 is 2.15 bits per heavy atom. The first kappa shape index (κ1) is 7.06. The molecule has 1 saturated heterocycles. The normalized spacial score (nSPS) is 28.6. The molecule has 3 rings (SSSR count). The maximum absolute atomic E-state index is 11.8. The first-order valence-electron chi connectivity index (χ1n) is 4.42. The molecule has 68 valence electrons. The number of hydrogen-bond donors (Lipinski definition) is 1. The molecule has 2 amide bonds. The molecule has 13 heavy (non-hydrogen) atoms. The summed E-state index contributed by atoms with van der Waals surface area (Å²) < 4.78 is 0. The second-order valence-electron chi connectivity index (χ2n) is 3.70. The maximum atomic E-state index is 11.8. The van der Waals surface area contributed by atoms with E-state index in [9.17, 15) is 9.59 Å². The fourth-order valence-electron chi connectivity index (χ4n) is 1.89. The molecule has 2 aliphatic heterocycles. The molecule has 1 N–H and O–H groups in total. The van der Waals surface area contributed by atoms with Crippen molar-refractivity contribution in [2.45, 2.75) is 12.8 Å². The second kappa shape index (κ2) is 1.92. The Morgan fingerprint density at radius 1 is 1.38 bits per heavy atom. The van der Waals surface area contributed by atoms with Crippen LogP contribution in [0.25, 0.3) is 0 Å². The minimum absolute atomic E-state index is 0.0486. The highest BCUT2D eigenvalue weighted by Gasteiger charge is 2.61. The molecule has 2 fully saturated rings. The number of nitrogens with zero attached hydrogens (tertiary/aromatic N) is 2. The predicted octanol–water partition coefficient (Wildman–Crippen LogP) is -0.905. The minimum Gasteiger partial charge on any atom is -0.295 e. The average molecular weight is 179 g/mol. The minimum atomic E-state index is -0.705. The zero-order chi connectivity index (χ0) is 9.05. The van der Waals surface area contributed by atoms with Crippen molar-refractivity contribution in [1.82, 2.24) is 10.2 Å². The highest BCUT2D eigenvalue weighted by molar-refractivity contribution is 6.22. The molecule has 1 spiro atoms. The van der Waals surface area contributed by atoms with Crippen LogP contribution in [-0.4, -0.2) is 35.8 Å². The molecular formula is C8H9N3O2. The number of hydrogen-bond acceptors (Lipinski definition) is 3. The highest BCUT2D eigenvalue weighted by Crippen LogP contribution is 2.49. The Labute approximate surface area is 74.8 Å². The van der Waals surface area contributed by atoms with Crippen molar-refractivity contribution in [2.24, 2.45) is 10.4 Å². The van der Waals surface area contributed by atoms with Gasteiger partial charge in [-0.3, -0.25) is 24.8 Å². The van der Waals surface area contributed by atoms with Crippen LogP contribution < -0.4 is 5.32 Å². The lowest BCUT2D eigenvalue weighted by molar-refractivity contribution is -0.142. The van der Waals surface area contributed by atoms with Crippen molar-refractivity contribution in [3.63, 3.8) is 0 Å². The first-order chi connectivity index (χ1) is 6.24. The number of nitrogens with one attached hydrogen (secondary N) is 1. The molecule has 2 heterocycles. The number of amides is 2. The third kappa shape index (κ3) is 0.696. The quantitative estimate of drug-likeness (QED) is 0.489. The third-order valence-corrected chi connectivity index (χ3v) is 2.91. The number of guanidine groups is 1. The molecule has 5 nitrogen and oxygen atoms in total. The van der Waals surface area contributed by atoms with Gasteiger partial charge in [-0.1, -0.05) is 0 Å². The molecule has 0 aromatic carbocycles. The average Bonchev–Trinajstić information content (AvgIpc) is 2.78. The first-order valence-corrected chi connectivity index (χ1v) is 4.42. The van der Waals surface area contributed by atoms with E-state index >= 15 is 0 Å². The number of rotatable bonds is 0. The van der Waals surface area contributed by atoms with Crippen molar-refractivity contribution in [3.8, 4) is 0 Å². The van der Waals surface area contributed by atoms with Gasteiger partial charge in [0.25, 0.3) is 0 Å². The summed E-state index contributed by atoms with van der Waals surface area (Å²) in [5.41, 5.74) is -0.705. The fraction of sp³-hybridized carbons (Fsp3) is 0.625. The monoisotopic (exact) mass is 179 g/mol. The van der Waals surface area contributed by atoms with Gasteiger partial charge in [0, 0.05) is 6.54 Å². The lowest BCUT2D eigenvalue weighted by atomic mass is 10.0. The molecule has 0 bridgehead atoms. The molecule has 1 aliphatic carbocycles. The van der Waals surface area contributed by atoms with Gasteiger partial charge in [-0.25, -0.2) is 0 Å². The van der Waals surface area contributed by atoms with Gasteiger partial charge in [0.05, 0.1) is 6.54 Å². The van der Waals surface area contributed by atoms with E-state index in [1.807, 2.05) is 0 Å². The largest absolute Gasteiger partial charge is 0.295 e. The van der Waals surface area contributed by atoms with Gasteiger partial charge in [0.15, 0.2) is 0 Å². The molecule has 0 unspecified atom stereocenters. The topological polar surface area (TPSA) is 61.8 Å². The van der Waals surface area contributed by atoms with E-state index in [4.69, 9.17) is 0 Å². The fourth-order valence-corrected chi connectivity index (χ4v) is 1.89. The number of carbonyl (C=O) groups is 2. The summed E-state index contributed by atoms with van der Waals surface area (Å²) in [5.74, 6) is 0.245. The Kier molecular flexibility index (Phi) is 1.04. The van der Waals surface area contributed by atoms with Gasteiger partial charge in [0.1, 0.15) is 5.41 Å². The SMILES string of the molecule is O=C1NC2=NCCN2C(=O)C12CC2. The van der Waals surface area contributed by atoms with Crippen LogP contribution in [0.5, 0.6) is 0 Å². The summed E-state index contributed by atoms with van der Waals surface area (Å²) >= 11 is 0. The van der Waals surface area contributed by atoms with Crippen LogP contribution in [-0.2, 0) is 9.59 Å². The van der Waals surface area contributed by atoms with Crippen molar-refractivity contribution >= 4 is 17.8 Å². The van der Waals surface area contributed by atoms with E-state index in [2.05, 4.69) is 10.3 Å². The lowest BCUT2D eigenvalue weighted by Gasteiger charge is -2.29. The second-order valence-corrected chi connectivity index (χ2v) is 3.70. The smallest absolute Gasteiger partial charge is 0.245 e. The van der Waals surface area contributed by atoms with E-state index in [1.54, 1.807) is 4.90 Å². The number of fused-ring (bicyclic) bond motifs is 1. The molecule has 1 saturated carbocycles. The van der Waals surface area contributed by atoms with Crippen molar-refractivity contribution in [3.05, 3.63) is 0 Å². The molecule has 0 aromatic rings. The van der Waals surface area contributed by atoms with Crippen molar-refractivity contribution in [2.75, 3.05) is 13.1 Å². The number of carbonyl (C=O) groups excluding carboxylic acids is 2. The zero-order valence-corrected chi connectivity index (χ0v) is 7.04. The Balaban J connectivity index is 2.02. The summed E-state index contributed by atoms with van der Waals surface area (Å²) in [7, 11) is 0. The van der Waals surface area contributed by atoms with Crippen LogP contribution in [0.15, 0.2) is 4.99 Å². The van der Waals surface area contributed by atoms with Crippen LogP contribution in [0.2, 0.25) is 0 Å². The van der Waals surface area contributed by atoms with Gasteiger partial charge in [-0.2, -0.15) is 0 Å². The van der Waals surface area contributed by atoms with Crippen LogP contribution >= 0.6 is 0 Å². The predicted molar refractivity (Wildman–Crippen MR) is 43.8 cm³/mol. The van der Waals surface area contributed by atoms with Gasteiger partial charge in [-0.05, 0) is 12.8 Å². The summed E-state index contributed by atoms with van der Waals surface area (Å²) in [6.07, 6.45) is 1.39. The van der Waals surface area contributed by atoms with Crippen LogP contribution in [0, 0.1) is 5.41 Å². The molecule has 0 atom stereocenters. The molecule has 0 radical (unpaired) electrons. The van der Waals surface area contributed by atoms with Crippen LogP contribution in [0.4, 0.5) is 0 Å². The van der Waals surface area contributed by atoms with Gasteiger partial charge in [0.2, 0.25) is 17.8 Å². The molecular weight excluding hydrogens is 170 g/mol. The van der Waals surface area contributed by atoms with Gasteiger partial charge < -0.3 is 0 Å². The zero-order valence-electron chi connectivity index (χ0n) is 7.04. The summed E-state index contributed by atoms with van der Waals surface area (Å²) in [4.78, 5) is 28.9. The standard InChI is InChI=1S/C8H9N3O2/c12-5-8(1-2-8)6(13)11-4-3-9-7(11)10-5/h1-4H2,(H,9,10,12). The Morgan fingerprint density at radius 3 is 2.85 bits per heavy atom. The lowest BCUT2D eigenvalue weighted by Crippen LogP contribution is -2.58. The molecule has 5 heteroatoms. The van der Waals surface area contributed by atoms with Gasteiger partial charge >= 0.3 is 0 Å². The summed E-state index contributed by atoms with van der Waals surface area (Å²) in [5, 5.41) is 2.68. The van der Waals surface area contributed by atoms with Gasteiger partial charge in [-0.15, -0.1) is 0 Å². The van der Waals surface area contributed by atoms with E-state index in [1.165, 1.54) is 0 Å². The van der Waals surface area contributed by atoms with E-state index < -0.39 is 5.41 Å². The summed E-state index contributed by atoms with van der Waals surface area (Å²) in [6, 6.07) is 0. The molecule has 3 aliphatic rings. The number of aliphatic imine (C=N–C) groups is 1. The highest BCUT2D eigenvalue weighted by atomic mass is 16.2. The van der Waals surface area contributed by atoms with Crippen molar-refractivity contribution < 1.29 is 9.59 Å². The van der Waals surface area contributed by atoms with Crippen LogP contribution in [0.3, 0.4) is 0 Å². The Hall–Kier alpha value is -1.39. The van der Waals surface area contributed by atoms with E-state index in [0.29, 0.717) is 31.9 Å². The Bertz CT molecular complexity index is 343. The van der Waals surface area contributed by atoms with Crippen molar-refractivity contribution in [1.29, 1.82) is 0 Å². The van der Waals surface area contributed by atoms with Crippen LogP contribution in [0.1, 0.15) is 12.8 Å². The summed E-state index contributed by atoms with van der Waals surface area (Å²) in [6.45, 7) is 1.23. The third-order valence-electron chi connectivity index (χ3n) is 2.91.